The summed E-state index contributed by atoms with van der Waals surface area (Å²) in [7, 11) is 0. The number of carbonyl (C=O) groups is 1. The van der Waals surface area contributed by atoms with Gasteiger partial charge in [-0.3, -0.25) is 4.79 Å². The summed E-state index contributed by atoms with van der Waals surface area (Å²) < 4.78 is 0. The fourth-order valence-corrected chi connectivity index (χ4v) is 2.75. The lowest BCUT2D eigenvalue weighted by atomic mass is 10.1. The van der Waals surface area contributed by atoms with Crippen LogP contribution in [-0.2, 0) is 0 Å². The van der Waals surface area contributed by atoms with Crippen LogP contribution in [-0.4, -0.2) is 23.4 Å². The van der Waals surface area contributed by atoms with Crippen molar-refractivity contribution >= 4 is 5.91 Å². The summed E-state index contributed by atoms with van der Waals surface area (Å²) in [6.45, 7) is 4.90. The van der Waals surface area contributed by atoms with Crippen molar-refractivity contribution in [3.8, 4) is 0 Å². The van der Waals surface area contributed by atoms with Crippen LogP contribution in [0, 0.1) is 6.92 Å². The van der Waals surface area contributed by atoms with Crippen molar-refractivity contribution in [1.82, 2.24) is 4.90 Å². The van der Waals surface area contributed by atoms with Crippen molar-refractivity contribution < 1.29 is 4.79 Å². The summed E-state index contributed by atoms with van der Waals surface area (Å²) in [5, 5.41) is 0. The average Bonchev–Trinajstić information content (AvgIpc) is 2.84. The lowest BCUT2D eigenvalue weighted by Crippen LogP contribution is -2.38. The van der Waals surface area contributed by atoms with Crippen molar-refractivity contribution in [2.45, 2.75) is 45.6 Å². The van der Waals surface area contributed by atoms with Crippen molar-refractivity contribution in [1.29, 1.82) is 0 Å². The second-order valence-electron chi connectivity index (χ2n) is 4.84. The van der Waals surface area contributed by atoms with Crippen molar-refractivity contribution in [3.05, 3.63) is 35.4 Å². The molecule has 2 nitrogen and oxygen atoms in total. The third kappa shape index (κ3) is 2.51. The molecule has 0 heterocycles. The molecule has 0 aliphatic heterocycles. The van der Waals surface area contributed by atoms with E-state index >= 15 is 0 Å². The molecule has 0 N–H and O–H groups in total. The summed E-state index contributed by atoms with van der Waals surface area (Å²) in [6, 6.07) is 8.35. The van der Waals surface area contributed by atoms with E-state index in [-0.39, 0.29) is 5.91 Å². The maximum atomic E-state index is 12.5. The van der Waals surface area contributed by atoms with Crippen molar-refractivity contribution in [3.63, 3.8) is 0 Å². The Hall–Kier alpha value is -1.31. The van der Waals surface area contributed by atoms with Gasteiger partial charge in [-0.15, -0.1) is 0 Å². The zero-order chi connectivity index (χ0) is 12.3. The van der Waals surface area contributed by atoms with E-state index < -0.39 is 0 Å². The zero-order valence-corrected chi connectivity index (χ0v) is 10.8. The van der Waals surface area contributed by atoms with Gasteiger partial charge in [-0.1, -0.05) is 31.0 Å². The van der Waals surface area contributed by atoms with Gasteiger partial charge in [-0.2, -0.15) is 0 Å². The van der Waals surface area contributed by atoms with Gasteiger partial charge in [-0.25, -0.2) is 0 Å². The highest BCUT2D eigenvalue weighted by atomic mass is 16.2. The van der Waals surface area contributed by atoms with E-state index in [1.165, 1.54) is 25.7 Å². The molecule has 0 radical (unpaired) electrons. The fourth-order valence-electron chi connectivity index (χ4n) is 2.75. The molecule has 2 rings (SSSR count). The Morgan fingerprint density at radius 3 is 2.53 bits per heavy atom. The summed E-state index contributed by atoms with van der Waals surface area (Å²) in [5.41, 5.74) is 1.94. The van der Waals surface area contributed by atoms with Gasteiger partial charge >= 0.3 is 0 Å². The van der Waals surface area contributed by atoms with Gasteiger partial charge in [0.15, 0.2) is 0 Å². The van der Waals surface area contributed by atoms with E-state index in [0.717, 1.165) is 17.7 Å². The van der Waals surface area contributed by atoms with E-state index in [4.69, 9.17) is 0 Å². The lowest BCUT2D eigenvalue weighted by molar-refractivity contribution is 0.0693. The van der Waals surface area contributed by atoms with Crippen LogP contribution < -0.4 is 0 Å². The molecule has 0 spiro atoms. The first-order chi connectivity index (χ1) is 8.24. The second-order valence-corrected chi connectivity index (χ2v) is 4.84. The van der Waals surface area contributed by atoms with Crippen LogP contribution in [0.3, 0.4) is 0 Å². The third-order valence-electron chi connectivity index (χ3n) is 3.74. The summed E-state index contributed by atoms with van der Waals surface area (Å²) in [5.74, 6) is 0.206. The molecule has 0 aromatic heterocycles. The van der Waals surface area contributed by atoms with E-state index in [2.05, 4.69) is 11.8 Å². The Balaban J connectivity index is 2.20. The Kier molecular flexibility index (Phi) is 3.82. The second kappa shape index (κ2) is 5.35. The van der Waals surface area contributed by atoms with Crippen LogP contribution in [0.5, 0.6) is 0 Å². The molecule has 1 saturated carbocycles. The van der Waals surface area contributed by atoms with Gasteiger partial charge in [0.1, 0.15) is 0 Å². The number of hydrogen-bond donors (Lipinski definition) is 0. The Labute approximate surface area is 104 Å². The normalized spacial score (nSPS) is 16.1. The Morgan fingerprint density at radius 1 is 1.29 bits per heavy atom. The minimum absolute atomic E-state index is 0.206. The zero-order valence-electron chi connectivity index (χ0n) is 10.8. The first-order valence-corrected chi connectivity index (χ1v) is 6.60. The molecule has 0 saturated heterocycles. The molecule has 1 amide bonds. The highest BCUT2D eigenvalue weighted by Gasteiger charge is 2.26. The molecule has 1 aromatic carbocycles. The topological polar surface area (TPSA) is 20.3 Å². The SMILES string of the molecule is CCN(C(=O)c1ccccc1C)C1CCCC1. The fraction of sp³-hybridized carbons (Fsp3) is 0.533. The highest BCUT2D eigenvalue weighted by molar-refractivity contribution is 5.95. The quantitative estimate of drug-likeness (QED) is 0.780. The smallest absolute Gasteiger partial charge is 0.254 e. The molecule has 1 aromatic rings. The Bertz CT molecular complexity index is 394. The lowest BCUT2D eigenvalue weighted by Gasteiger charge is -2.28. The number of benzene rings is 1. The van der Waals surface area contributed by atoms with Gasteiger partial charge < -0.3 is 4.90 Å². The predicted octanol–water partition coefficient (Wildman–Crippen LogP) is 3.40. The Morgan fingerprint density at radius 2 is 1.94 bits per heavy atom. The maximum Gasteiger partial charge on any atom is 0.254 e. The molecular formula is C15H21NO. The van der Waals surface area contributed by atoms with Crippen LogP contribution in [0.4, 0.5) is 0 Å². The predicted molar refractivity (Wildman–Crippen MR) is 70.1 cm³/mol. The number of rotatable bonds is 3. The van der Waals surface area contributed by atoms with Crippen LogP contribution in [0.15, 0.2) is 24.3 Å². The average molecular weight is 231 g/mol. The largest absolute Gasteiger partial charge is 0.336 e. The van der Waals surface area contributed by atoms with E-state index in [1.54, 1.807) is 0 Å². The molecule has 0 bridgehead atoms. The monoisotopic (exact) mass is 231 g/mol. The van der Waals surface area contributed by atoms with Gasteiger partial charge in [0, 0.05) is 18.2 Å². The summed E-state index contributed by atoms with van der Waals surface area (Å²) in [4.78, 5) is 14.6. The van der Waals surface area contributed by atoms with Gasteiger partial charge in [0.05, 0.1) is 0 Å². The standard InChI is InChI=1S/C15H21NO/c1-3-16(13-9-5-6-10-13)15(17)14-11-7-4-8-12(14)2/h4,7-8,11,13H,3,5-6,9-10H2,1-2H3. The minimum atomic E-state index is 0.206. The molecule has 1 aliphatic rings. The first-order valence-electron chi connectivity index (χ1n) is 6.60. The molecule has 2 heteroatoms. The van der Waals surface area contributed by atoms with Crippen LogP contribution in [0.25, 0.3) is 0 Å². The van der Waals surface area contributed by atoms with E-state index in [9.17, 15) is 4.79 Å². The molecule has 1 fully saturated rings. The molecular weight excluding hydrogens is 210 g/mol. The van der Waals surface area contributed by atoms with Crippen LogP contribution in [0.1, 0.15) is 48.5 Å². The highest BCUT2D eigenvalue weighted by Crippen LogP contribution is 2.25. The molecule has 1 aliphatic carbocycles. The number of aryl methyl sites for hydroxylation is 1. The molecule has 92 valence electrons. The van der Waals surface area contributed by atoms with Crippen molar-refractivity contribution in [2.75, 3.05) is 6.54 Å². The van der Waals surface area contributed by atoms with Gasteiger partial charge in [-0.05, 0) is 38.3 Å². The van der Waals surface area contributed by atoms with Gasteiger partial charge in [0.25, 0.3) is 5.91 Å². The molecule has 0 unspecified atom stereocenters. The molecule has 17 heavy (non-hydrogen) atoms. The maximum absolute atomic E-state index is 12.5. The van der Waals surface area contributed by atoms with E-state index in [1.807, 2.05) is 31.2 Å². The first kappa shape index (κ1) is 12.2. The molecule has 0 atom stereocenters. The van der Waals surface area contributed by atoms with E-state index in [0.29, 0.717) is 6.04 Å². The number of carbonyl (C=O) groups excluding carboxylic acids is 1. The summed E-state index contributed by atoms with van der Waals surface area (Å²) >= 11 is 0. The summed E-state index contributed by atoms with van der Waals surface area (Å²) in [6.07, 6.45) is 4.88. The van der Waals surface area contributed by atoms with Crippen LogP contribution >= 0.6 is 0 Å². The van der Waals surface area contributed by atoms with Gasteiger partial charge in [0.2, 0.25) is 0 Å². The number of hydrogen-bond acceptors (Lipinski definition) is 1. The van der Waals surface area contributed by atoms with Crippen molar-refractivity contribution in [2.24, 2.45) is 0 Å². The number of nitrogens with zero attached hydrogens (tertiary/aromatic N) is 1. The minimum Gasteiger partial charge on any atom is -0.336 e. The number of amides is 1. The van der Waals surface area contributed by atoms with Crippen LogP contribution in [0.2, 0.25) is 0 Å². The third-order valence-corrected chi connectivity index (χ3v) is 3.74.